The number of halogens is 1. The van der Waals surface area contributed by atoms with Crippen LogP contribution in [0.5, 0.6) is 0 Å². The standard InChI is InChI=1S/C20H18FN3O3S/c21-18-6-8-19(9-7-18)28(26,27)24-13-11-23(12-14-24)20(25)10-5-16-3-1-2-4-17(16)15-22/h1-10H,11-14H2/b10-5+. The molecule has 2 aromatic rings. The van der Waals surface area contributed by atoms with Gasteiger partial charge in [-0.25, -0.2) is 12.8 Å². The molecule has 0 radical (unpaired) electrons. The van der Waals surface area contributed by atoms with E-state index in [9.17, 15) is 17.6 Å². The first-order chi connectivity index (χ1) is 13.4. The summed E-state index contributed by atoms with van der Waals surface area (Å²) in [6, 6.07) is 13.7. The van der Waals surface area contributed by atoms with E-state index in [0.29, 0.717) is 11.1 Å². The summed E-state index contributed by atoms with van der Waals surface area (Å²) in [5.74, 6) is -0.745. The zero-order chi connectivity index (χ0) is 20.1. The Morgan fingerprint density at radius 2 is 1.68 bits per heavy atom. The van der Waals surface area contributed by atoms with E-state index in [0.717, 1.165) is 12.1 Å². The number of amides is 1. The Bertz CT molecular complexity index is 1040. The maximum absolute atomic E-state index is 13.0. The highest BCUT2D eigenvalue weighted by atomic mass is 32.2. The third-order valence-corrected chi connectivity index (χ3v) is 6.40. The van der Waals surface area contributed by atoms with Crippen LogP contribution in [0.2, 0.25) is 0 Å². The third kappa shape index (κ3) is 4.27. The number of hydrogen-bond donors (Lipinski definition) is 0. The second kappa shape index (κ2) is 8.33. The minimum atomic E-state index is -3.72. The van der Waals surface area contributed by atoms with E-state index in [4.69, 9.17) is 5.26 Å². The number of carbonyl (C=O) groups is 1. The second-order valence-electron chi connectivity index (χ2n) is 6.22. The Labute approximate surface area is 163 Å². The van der Waals surface area contributed by atoms with Crippen molar-refractivity contribution >= 4 is 22.0 Å². The molecule has 2 aromatic carbocycles. The molecule has 3 rings (SSSR count). The van der Waals surface area contributed by atoms with E-state index >= 15 is 0 Å². The van der Waals surface area contributed by atoms with Crippen LogP contribution in [0.25, 0.3) is 6.08 Å². The average Bonchev–Trinajstić information content (AvgIpc) is 2.72. The predicted molar refractivity (Wildman–Crippen MR) is 102 cm³/mol. The number of hydrogen-bond acceptors (Lipinski definition) is 4. The molecule has 0 saturated carbocycles. The largest absolute Gasteiger partial charge is 0.337 e. The number of nitriles is 1. The van der Waals surface area contributed by atoms with E-state index in [-0.39, 0.29) is 37.0 Å². The maximum Gasteiger partial charge on any atom is 0.246 e. The van der Waals surface area contributed by atoms with Crippen LogP contribution in [0.3, 0.4) is 0 Å². The van der Waals surface area contributed by atoms with Crippen molar-refractivity contribution in [1.29, 1.82) is 5.26 Å². The molecule has 0 aromatic heterocycles. The summed E-state index contributed by atoms with van der Waals surface area (Å²) in [5, 5.41) is 9.08. The van der Waals surface area contributed by atoms with Crippen LogP contribution >= 0.6 is 0 Å². The molecular weight excluding hydrogens is 381 g/mol. The molecule has 1 aliphatic rings. The van der Waals surface area contributed by atoms with Gasteiger partial charge in [0.2, 0.25) is 15.9 Å². The van der Waals surface area contributed by atoms with Gasteiger partial charge in [-0.15, -0.1) is 0 Å². The van der Waals surface area contributed by atoms with Gasteiger partial charge in [-0.2, -0.15) is 9.57 Å². The summed E-state index contributed by atoms with van der Waals surface area (Å²) in [6.07, 6.45) is 2.98. The van der Waals surface area contributed by atoms with Gasteiger partial charge in [-0.1, -0.05) is 18.2 Å². The normalized spacial score (nSPS) is 15.5. The van der Waals surface area contributed by atoms with Crippen LogP contribution in [0.1, 0.15) is 11.1 Å². The molecule has 144 valence electrons. The first-order valence-electron chi connectivity index (χ1n) is 8.63. The minimum absolute atomic E-state index is 0.0293. The third-order valence-electron chi connectivity index (χ3n) is 4.49. The Kier molecular flexibility index (Phi) is 5.87. The fourth-order valence-corrected chi connectivity index (χ4v) is 4.34. The van der Waals surface area contributed by atoms with E-state index in [1.54, 1.807) is 35.2 Å². The highest BCUT2D eigenvalue weighted by molar-refractivity contribution is 7.89. The van der Waals surface area contributed by atoms with Crippen molar-refractivity contribution in [3.05, 3.63) is 71.6 Å². The van der Waals surface area contributed by atoms with Gasteiger partial charge in [-0.05, 0) is 42.0 Å². The quantitative estimate of drug-likeness (QED) is 0.739. The number of benzene rings is 2. The van der Waals surface area contributed by atoms with Gasteiger partial charge in [0.15, 0.2) is 0 Å². The molecule has 0 N–H and O–H groups in total. The topological polar surface area (TPSA) is 81.5 Å². The zero-order valence-corrected chi connectivity index (χ0v) is 15.8. The van der Waals surface area contributed by atoms with Crippen molar-refractivity contribution in [2.24, 2.45) is 0 Å². The molecule has 0 bridgehead atoms. The average molecular weight is 399 g/mol. The highest BCUT2D eigenvalue weighted by Crippen LogP contribution is 2.18. The Hall–Kier alpha value is -3.02. The van der Waals surface area contributed by atoms with E-state index in [2.05, 4.69) is 6.07 Å². The number of nitrogens with zero attached hydrogens (tertiary/aromatic N) is 3. The summed E-state index contributed by atoms with van der Waals surface area (Å²) in [5.41, 5.74) is 1.12. The molecule has 6 nitrogen and oxygen atoms in total. The number of rotatable bonds is 4. The van der Waals surface area contributed by atoms with Crippen LogP contribution in [0, 0.1) is 17.1 Å². The Morgan fingerprint density at radius 3 is 2.32 bits per heavy atom. The summed E-state index contributed by atoms with van der Waals surface area (Å²) in [7, 11) is -3.72. The Balaban J connectivity index is 1.63. The molecule has 1 fully saturated rings. The van der Waals surface area contributed by atoms with Crippen LogP contribution < -0.4 is 0 Å². The number of sulfonamides is 1. The van der Waals surface area contributed by atoms with Crippen LogP contribution in [0.4, 0.5) is 4.39 Å². The van der Waals surface area contributed by atoms with Gasteiger partial charge >= 0.3 is 0 Å². The zero-order valence-electron chi connectivity index (χ0n) is 15.0. The lowest BCUT2D eigenvalue weighted by molar-refractivity contribution is -0.127. The first-order valence-corrected chi connectivity index (χ1v) is 10.1. The lowest BCUT2D eigenvalue weighted by atomic mass is 10.1. The molecule has 28 heavy (non-hydrogen) atoms. The monoisotopic (exact) mass is 399 g/mol. The SMILES string of the molecule is N#Cc1ccccc1/C=C/C(=O)N1CCN(S(=O)(=O)c2ccc(F)cc2)CC1. The van der Waals surface area contributed by atoms with E-state index in [1.807, 2.05) is 0 Å². The van der Waals surface area contributed by atoms with Gasteiger partial charge in [0, 0.05) is 32.3 Å². The molecule has 0 atom stereocenters. The smallest absolute Gasteiger partial charge is 0.246 e. The van der Waals surface area contributed by atoms with Crippen LogP contribution in [0.15, 0.2) is 59.5 Å². The van der Waals surface area contributed by atoms with Crippen molar-refractivity contribution in [3.8, 4) is 6.07 Å². The van der Waals surface area contributed by atoms with Crippen LogP contribution in [-0.2, 0) is 14.8 Å². The minimum Gasteiger partial charge on any atom is -0.337 e. The van der Waals surface area contributed by atoms with Crippen molar-refractivity contribution in [3.63, 3.8) is 0 Å². The van der Waals surface area contributed by atoms with Crippen molar-refractivity contribution < 1.29 is 17.6 Å². The molecule has 0 spiro atoms. The maximum atomic E-state index is 13.0. The summed E-state index contributed by atoms with van der Waals surface area (Å²) < 4.78 is 39.5. The van der Waals surface area contributed by atoms with Gasteiger partial charge < -0.3 is 4.90 Å². The van der Waals surface area contributed by atoms with Gasteiger partial charge in [0.05, 0.1) is 16.5 Å². The second-order valence-corrected chi connectivity index (χ2v) is 8.15. The van der Waals surface area contributed by atoms with Gasteiger partial charge in [0.1, 0.15) is 5.82 Å². The first kappa shape index (κ1) is 19.7. The Morgan fingerprint density at radius 1 is 1.04 bits per heavy atom. The lowest BCUT2D eigenvalue weighted by Crippen LogP contribution is -2.50. The van der Waals surface area contributed by atoms with Crippen molar-refractivity contribution in [2.75, 3.05) is 26.2 Å². The molecule has 8 heteroatoms. The fourth-order valence-electron chi connectivity index (χ4n) is 2.92. The predicted octanol–water partition coefficient (Wildman–Crippen LogP) is 2.24. The van der Waals surface area contributed by atoms with E-state index < -0.39 is 15.8 Å². The summed E-state index contributed by atoms with van der Waals surface area (Å²) in [4.78, 5) is 14.0. The van der Waals surface area contributed by atoms with E-state index in [1.165, 1.54) is 22.5 Å². The fraction of sp³-hybridized carbons (Fsp3) is 0.200. The van der Waals surface area contributed by atoms with Gasteiger partial charge in [-0.3, -0.25) is 4.79 Å². The number of piperazine rings is 1. The molecule has 1 saturated heterocycles. The molecule has 0 unspecified atom stereocenters. The molecular formula is C20H18FN3O3S. The highest BCUT2D eigenvalue weighted by Gasteiger charge is 2.29. The summed E-state index contributed by atoms with van der Waals surface area (Å²) in [6.45, 7) is 0.829. The summed E-state index contributed by atoms with van der Waals surface area (Å²) >= 11 is 0. The van der Waals surface area contributed by atoms with Crippen LogP contribution in [-0.4, -0.2) is 49.7 Å². The molecule has 1 aliphatic heterocycles. The number of carbonyl (C=O) groups excluding carboxylic acids is 1. The molecule has 1 heterocycles. The van der Waals surface area contributed by atoms with Gasteiger partial charge in [0.25, 0.3) is 0 Å². The lowest BCUT2D eigenvalue weighted by Gasteiger charge is -2.33. The van der Waals surface area contributed by atoms with Crippen molar-refractivity contribution in [1.82, 2.24) is 9.21 Å². The molecule has 1 amide bonds. The van der Waals surface area contributed by atoms with Crippen molar-refractivity contribution in [2.45, 2.75) is 4.90 Å². The molecule has 0 aliphatic carbocycles.